The Balaban J connectivity index is 2.12. The van der Waals surface area contributed by atoms with Crippen molar-refractivity contribution >= 4 is 0 Å². The molecule has 0 radical (unpaired) electrons. The maximum atomic E-state index is 5.90. The van der Waals surface area contributed by atoms with Gasteiger partial charge in [-0.2, -0.15) is 0 Å². The summed E-state index contributed by atoms with van der Waals surface area (Å²) in [6, 6.07) is 6.03. The van der Waals surface area contributed by atoms with E-state index < -0.39 is 0 Å². The van der Waals surface area contributed by atoms with Gasteiger partial charge in [0.1, 0.15) is 0 Å². The van der Waals surface area contributed by atoms with Crippen LogP contribution in [-0.4, -0.2) is 27.3 Å². The van der Waals surface area contributed by atoms with Crippen molar-refractivity contribution in [1.82, 2.24) is 5.32 Å². The van der Waals surface area contributed by atoms with E-state index in [9.17, 15) is 0 Å². The first-order valence-corrected chi connectivity index (χ1v) is 6.85. The Morgan fingerprint density at radius 3 is 2.63 bits per heavy atom. The summed E-state index contributed by atoms with van der Waals surface area (Å²) in [5.41, 5.74) is 6.97. The van der Waals surface area contributed by atoms with Gasteiger partial charge in [-0.05, 0) is 30.9 Å². The maximum absolute atomic E-state index is 5.90. The van der Waals surface area contributed by atoms with E-state index in [0.29, 0.717) is 6.54 Å². The Morgan fingerprint density at radius 1 is 1.37 bits per heavy atom. The van der Waals surface area contributed by atoms with E-state index in [0.717, 1.165) is 35.4 Å². The number of ether oxygens (including phenoxy) is 2. The summed E-state index contributed by atoms with van der Waals surface area (Å²) in [6.45, 7) is 3.85. The molecule has 0 spiro atoms. The number of nitrogens with one attached hydrogen (secondary N) is 1. The van der Waals surface area contributed by atoms with Crippen LogP contribution >= 0.6 is 0 Å². The van der Waals surface area contributed by atoms with Crippen LogP contribution in [0.5, 0.6) is 11.5 Å². The molecule has 1 fully saturated rings. The maximum Gasteiger partial charge on any atom is 0.165 e. The highest BCUT2D eigenvalue weighted by molar-refractivity contribution is 5.48. The zero-order valence-corrected chi connectivity index (χ0v) is 12.0. The van der Waals surface area contributed by atoms with E-state index in [2.05, 4.69) is 12.2 Å². The van der Waals surface area contributed by atoms with Crippen LogP contribution in [0, 0.1) is 11.8 Å². The molecule has 3 N–H and O–H groups in total. The largest absolute Gasteiger partial charge is 0.493 e. The Morgan fingerprint density at radius 2 is 2.11 bits per heavy atom. The Hall–Kier alpha value is -1.26. The van der Waals surface area contributed by atoms with Crippen LogP contribution in [0.3, 0.4) is 0 Å². The molecule has 19 heavy (non-hydrogen) atoms. The standard InChI is InChI=1S/C15H24N2O2/c1-10-7-11(10)9-17-13(8-16)12-5-4-6-14(18-2)15(12)19-3/h4-6,10-11,13,17H,7-9,16H2,1-3H3. The molecule has 4 nitrogen and oxygen atoms in total. The summed E-state index contributed by atoms with van der Waals surface area (Å²) in [5.74, 6) is 3.17. The molecule has 106 valence electrons. The van der Waals surface area contributed by atoms with E-state index in [4.69, 9.17) is 15.2 Å². The monoisotopic (exact) mass is 264 g/mol. The molecule has 1 aliphatic rings. The lowest BCUT2D eigenvalue weighted by atomic mass is 10.0. The van der Waals surface area contributed by atoms with Crippen molar-refractivity contribution in [3.8, 4) is 11.5 Å². The fourth-order valence-electron chi connectivity index (χ4n) is 2.48. The number of hydrogen-bond donors (Lipinski definition) is 2. The minimum absolute atomic E-state index is 0.109. The fraction of sp³-hybridized carbons (Fsp3) is 0.600. The lowest BCUT2D eigenvalue weighted by molar-refractivity contribution is 0.346. The van der Waals surface area contributed by atoms with Crippen molar-refractivity contribution in [3.05, 3.63) is 23.8 Å². The first kappa shape index (κ1) is 14.2. The van der Waals surface area contributed by atoms with Crippen molar-refractivity contribution in [2.24, 2.45) is 17.6 Å². The molecule has 4 heteroatoms. The number of nitrogens with two attached hydrogens (primary N) is 1. The van der Waals surface area contributed by atoms with Gasteiger partial charge in [-0.25, -0.2) is 0 Å². The van der Waals surface area contributed by atoms with E-state index in [1.807, 2.05) is 18.2 Å². The highest BCUT2D eigenvalue weighted by Gasteiger charge is 2.32. The van der Waals surface area contributed by atoms with E-state index >= 15 is 0 Å². The first-order chi connectivity index (χ1) is 9.21. The topological polar surface area (TPSA) is 56.5 Å². The second-order valence-electron chi connectivity index (χ2n) is 5.25. The van der Waals surface area contributed by atoms with Gasteiger partial charge in [-0.15, -0.1) is 0 Å². The number of para-hydroxylation sites is 1. The molecule has 1 aliphatic carbocycles. The molecule has 0 aromatic heterocycles. The van der Waals surface area contributed by atoms with Crippen LogP contribution in [-0.2, 0) is 0 Å². The summed E-state index contributed by atoms with van der Waals surface area (Å²) in [4.78, 5) is 0. The van der Waals surface area contributed by atoms with Crippen molar-refractivity contribution in [2.45, 2.75) is 19.4 Å². The molecule has 1 aromatic carbocycles. The number of rotatable bonds is 7. The molecule has 3 unspecified atom stereocenters. The molecular formula is C15H24N2O2. The highest BCUT2D eigenvalue weighted by Crippen LogP contribution is 2.38. The summed E-state index contributed by atoms with van der Waals surface area (Å²) < 4.78 is 10.8. The Kier molecular flexibility index (Phi) is 4.66. The average Bonchev–Trinajstić information content (AvgIpc) is 3.14. The van der Waals surface area contributed by atoms with E-state index in [-0.39, 0.29) is 6.04 Å². The third kappa shape index (κ3) is 3.19. The molecule has 1 aromatic rings. The molecular weight excluding hydrogens is 240 g/mol. The Labute approximate surface area is 115 Å². The van der Waals surface area contributed by atoms with E-state index in [1.54, 1.807) is 14.2 Å². The first-order valence-electron chi connectivity index (χ1n) is 6.85. The van der Waals surface area contributed by atoms with E-state index in [1.165, 1.54) is 6.42 Å². The van der Waals surface area contributed by atoms with Crippen LogP contribution in [0.25, 0.3) is 0 Å². The Bertz CT molecular complexity index is 423. The molecule has 2 rings (SSSR count). The van der Waals surface area contributed by atoms with Gasteiger partial charge >= 0.3 is 0 Å². The van der Waals surface area contributed by atoms with Gasteiger partial charge in [-0.1, -0.05) is 19.1 Å². The summed E-state index contributed by atoms with van der Waals surface area (Å²) in [5, 5.41) is 3.54. The van der Waals surface area contributed by atoms with Gasteiger partial charge < -0.3 is 20.5 Å². The van der Waals surface area contributed by atoms with Crippen LogP contribution in [0.4, 0.5) is 0 Å². The van der Waals surface area contributed by atoms with Crippen LogP contribution in [0.2, 0.25) is 0 Å². The third-order valence-electron chi connectivity index (χ3n) is 3.95. The molecule has 1 saturated carbocycles. The minimum atomic E-state index is 0.109. The van der Waals surface area contributed by atoms with Crippen molar-refractivity contribution in [1.29, 1.82) is 0 Å². The summed E-state index contributed by atoms with van der Waals surface area (Å²) in [7, 11) is 3.32. The second-order valence-corrected chi connectivity index (χ2v) is 5.25. The lowest BCUT2D eigenvalue weighted by Crippen LogP contribution is -2.30. The molecule has 3 atom stereocenters. The second kappa shape index (κ2) is 6.26. The molecule has 0 bridgehead atoms. The SMILES string of the molecule is COc1cccc(C(CN)NCC2CC2C)c1OC. The number of benzene rings is 1. The quantitative estimate of drug-likeness (QED) is 0.790. The molecule has 0 amide bonds. The third-order valence-corrected chi connectivity index (χ3v) is 3.95. The molecule has 0 aliphatic heterocycles. The highest BCUT2D eigenvalue weighted by atomic mass is 16.5. The van der Waals surface area contributed by atoms with Gasteiger partial charge in [0.15, 0.2) is 11.5 Å². The van der Waals surface area contributed by atoms with Crippen molar-refractivity contribution in [2.75, 3.05) is 27.3 Å². The number of hydrogen-bond acceptors (Lipinski definition) is 4. The normalized spacial score (nSPS) is 22.9. The average molecular weight is 264 g/mol. The zero-order chi connectivity index (χ0) is 13.8. The molecule has 0 heterocycles. The minimum Gasteiger partial charge on any atom is -0.493 e. The fourth-order valence-corrected chi connectivity index (χ4v) is 2.48. The van der Waals surface area contributed by atoms with Gasteiger partial charge in [0, 0.05) is 18.2 Å². The van der Waals surface area contributed by atoms with Crippen LogP contribution in [0.15, 0.2) is 18.2 Å². The smallest absolute Gasteiger partial charge is 0.165 e. The molecule has 0 saturated heterocycles. The summed E-state index contributed by atoms with van der Waals surface area (Å²) >= 11 is 0. The predicted molar refractivity (Wildman–Crippen MR) is 76.6 cm³/mol. The zero-order valence-electron chi connectivity index (χ0n) is 12.0. The van der Waals surface area contributed by atoms with Crippen LogP contribution in [0.1, 0.15) is 24.9 Å². The number of methoxy groups -OCH3 is 2. The summed E-state index contributed by atoms with van der Waals surface area (Å²) in [6.07, 6.45) is 1.32. The van der Waals surface area contributed by atoms with Crippen molar-refractivity contribution in [3.63, 3.8) is 0 Å². The van der Waals surface area contributed by atoms with Gasteiger partial charge in [0.25, 0.3) is 0 Å². The van der Waals surface area contributed by atoms with Gasteiger partial charge in [0.2, 0.25) is 0 Å². The van der Waals surface area contributed by atoms with Crippen LogP contribution < -0.4 is 20.5 Å². The van der Waals surface area contributed by atoms with Crippen molar-refractivity contribution < 1.29 is 9.47 Å². The lowest BCUT2D eigenvalue weighted by Gasteiger charge is -2.21. The van der Waals surface area contributed by atoms with Gasteiger partial charge in [-0.3, -0.25) is 0 Å². The van der Waals surface area contributed by atoms with Gasteiger partial charge in [0.05, 0.1) is 14.2 Å². The predicted octanol–water partition coefficient (Wildman–Crippen LogP) is 1.95.